The zero-order valence-corrected chi connectivity index (χ0v) is 13.6. The molecule has 0 aliphatic carbocycles. The summed E-state index contributed by atoms with van der Waals surface area (Å²) in [5.74, 6) is 0.283. The highest BCUT2D eigenvalue weighted by atomic mass is 19.4. The average molecular weight is 367 g/mol. The molecule has 2 aromatic heterocycles. The van der Waals surface area contributed by atoms with Crippen molar-refractivity contribution in [2.45, 2.75) is 18.7 Å². The second-order valence-electron chi connectivity index (χ2n) is 5.80. The lowest BCUT2D eigenvalue weighted by Gasteiger charge is -2.16. The fourth-order valence-electron chi connectivity index (χ4n) is 2.58. The van der Waals surface area contributed by atoms with Gasteiger partial charge in [0, 0.05) is 31.5 Å². The number of aromatic nitrogens is 3. The molecular formula is C16H16F3N5O2. The number of ether oxygens (including phenoxy) is 1. The Kier molecular flexibility index (Phi) is 5.31. The molecule has 1 unspecified atom stereocenters. The van der Waals surface area contributed by atoms with Crippen molar-refractivity contribution in [1.82, 2.24) is 20.1 Å². The first-order valence-electron chi connectivity index (χ1n) is 7.90. The molecular weight excluding hydrogens is 351 g/mol. The van der Waals surface area contributed by atoms with E-state index in [0.717, 1.165) is 12.3 Å². The number of amides is 1. The van der Waals surface area contributed by atoms with Crippen LogP contribution in [0.15, 0.2) is 36.7 Å². The summed E-state index contributed by atoms with van der Waals surface area (Å²) in [6.07, 6.45) is -1.75. The number of nitrogens with zero attached hydrogens (tertiary/aromatic N) is 4. The predicted octanol–water partition coefficient (Wildman–Crippen LogP) is 1.98. The largest absolute Gasteiger partial charge is 0.473 e. The molecule has 1 N–H and O–H groups in total. The van der Waals surface area contributed by atoms with Gasteiger partial charge >= 0.3 is 6.18 Å². The summed E-state index contributed by atoms with van der Waals surface area (Å²) in [7, 11) is 0. The van der Waals surface area contributed by atoms with Crippen LogP contribution in [0.25, 0.3) is 0 Å². The number of anilines is 1. The topological polar surface area (TPSA) is 80.2 Å². The Bertz CT molecular complexity index is 740. The molecule has 0 bridgehead atoms. The smallest absolute Gasteiger partial charge is 0.417 e. The Labute approximate surface area is 147 Å². The molecule has 0 radical (unpaired) electrons. The van der Waals surface area contributed by atoms with Crippen LogP contribution in [0, 0.1) is 0 Å². The van der Waals surface area contributed by atoms with Crippen LogP contribution < -0.4 is 10.1 Å². The Morgan fingerprint density at radius 3 is 2.85 bits per heavy atom. The highest BCUT2D eigenvalue weighted by molar-refractivity contribution is 5.91. The minimum absolute atomic E-state index is 0.133. The van der Waals surface area contributed by atoms with Gasteiger partial charge < -0.3 is 10.1 Å². The zero-order valence-electron chi connectivity index (χ0n) is 13.6. The van der Waals surface area contributed by atoms with E-state index >= 15 is 0 Å². The number of likely N-dealkylation sites (tertiary alicyclic amines) is 1. The number of carbonyl (C=O) groups excluding carboxylic acids is 1. The lowest BCUT2D eigenvalue weighted by atomic mass is 10.3. The van der Waals surface area contributed by atoms with E-state index in [0.29, 0.717) is 25.3 Å². The van der Waals surface area contributed by atoms with Crippen LogP contribution in [-0.4, -0.2) is 51.7 Å². The summed E-state index contributed by atoms with van der Waals surface area (Å²) < 4.78 is 43.2. The third kappa shape index (κ3) is 4.88. The van der Waals surface area contributed by atoms with E-state index in [1.807, 2.05) is 4.90 Å². The molecule has 1 fully saturated rings. The van der Waals surface area contributed by atoms with Crippen molar-refractivity contribution in [1.29, 1.82) is 0 Å². The van der Waals surface area contributed by atoms with Gasteiger partial charge in [-0.2, -0.15) is 18.3 Å². The third-order valence-electron chi connectivity index (χ3n) is 3.79. The van der Waals surface area contributed by atoms with Gasteiger partial charge in [-0.3, -0.25) is 9.69 Å². The first-order valence-corrected chi connectivity index (χ1v) is 7.90. The number of nitrogens with one attached hydrogen (secondary N) is 1. The number of carbonyl (C=O) groups is 1. The monoisotopic (exact) mass is 367 g/mol. The van der Waals surface area contributed by atoms with Gasteiger partial charge in [-0.05, 0) is 24.6 Å². The van der Waals surface area contributed by atoms with Gasteiger partial charge in [0.1, 0.15) is 6.10 Å². The first-order chi connectivity index (χ1) is 12.4. The molecule has 1 aliphatic rings. The standard InChI is InChI=1S/C16H16F3N5O2/c17-16(18,19)11-3-4-15(20-8-11)26-12-5-7-24(9-12)10-14(25)22-13-2-1-6-21-23-13/h1-4,6,8,12H,5,7,9-10H2,(H,22,23,25). The molecule has 1 amide bonds. The van der Waals surface area contributed by atoms with Crippen molar-refractivity contribution in [3.05, 3.63) is 42.2 Å². The molecule has 1 saturated heterocycles. The second kappa shape index (κ2) is 7.65. The first kappa shape index (κ1) is 18.1. The molecule has 1 aliphatic heterocycles. The summed E-state index contributed by atoms with van der Waals surface area (Å²) in [5, 5.41) is 10.1. The normalized spacial score (nSPS) is 17.9. The number of halogens is 3. The van der Waals surface area contributed by atoms with E-state index < -0.39 is 11.7 Å². The van der Waals surface area contributed by atoms with E-state index in [9.17, 15) is 18.0 Å². The van der Waals surface area contributed by atoms with E-state index in [2.05, 4.69) is 20.5 Å². The lowest BCUT2D eigenvalue weighted by molar-refractivity contribution is -0.137. The summed E-state index contributed by atoms with van der Waals surface area (Å²) in [5.41, 5.74) is -0.821. The van der Waals surface area contributed by atoms with Crippen molar-refractivity contribution in [3.63, 3.8) is 0 Å². The number of hydrogen-bond donors (Lipinski definition) is 1. The van der Waals surface area contributed by atoms with Crippen LogP contribution in [0.3, 0.4) is 0 Å². The number of rotatable bonds is 5. The van der Waals surface area contributed by atoms with Crippen LogP contribution in [0.4, 0.5) is 19.0 Å². The van der Waals surface area contributed by atoms with Crippen LogP contribution in [0.1, 0.15) is 12.0 Å². The molecule has 0 saturated carbocycles. The Hall–Kier alpha value is -2.75. The van der Waals surface area contributed by atoms with Gasteiger partial charge in [0.25, 0.3) is 0 Å². The fourth-order valence-corrected chi connectivity index (χ4v) is 2.58. The molecule has 3 rings (SSSR count). The van der Waals surface area contributed by atoms with Crippen LogP contribution >= 0.6 is 0 Å². The maximum Gasteiger partial charge on any atom is 0.417 e. The van der Waals surface area contributed by atoms with Crippen molar-refractivity contribution >= 4 is 11.7 Å². The van der Waals surface area contributed by atoms with E-state index in [1.165, 1.54) is 12.3 Å². The Balaban J connectivity index is 1.47. The van der Waals surface area contributed by atoms with Crippen molar-refractivity contribution in [2.24, 2.45) is 0 Å². The lowest BCUT2D eigenvalue weighted by Crippen LogP contribution is -2.33. The fraction of sp³-hybridized carbons (Fsp3) is 0.375. The number of pyridine rings is 1. The summed E-state index contributed by atoms with van der Waals surface area (Å²) in [6, 6.07) is 5.44. The molecule has 7 nitrogen and oxygen atoms in total. The highest BCUT2D eigenvalue weighted by Crippen LogP contribution is 2.29. The molecule has 1 atom stereocenters. The summed E-state index contributed by atoms with van der Waals surface area (Å²) >= 11 is 0. The van der Waals surface area contributed by atoms with Gasteiger partial charge in [-0.25, -0.2) is 4.98 Å². The molecule has 3 heterocycles. The maximum atomic E-state index is 12.5. The van der Waals surface area contributed by atoms with E-state index in [-0.39, 0.29) is 24.4 Å². The maximum absolute atomic E-state index is 12.5. The molecule has 0 spiro atoms. The average Bonchev–Trinajstić information content (AvgIpc) is 3.02. The van der Waals surface area contributed by atoms with Gasteiger partial charge in [0.15, 0.2) is 5.82 Å². The van der Waals surface area contributed by atoms with Crippen LogP contribution in [-0.2, 0) is 11.0 Å². The predicted molar refractivity (Wildman–Crippen MR) is 85.4 cm³/mol. The number of alkyl halides is 3. The van der Waals surface area contributed by atoms with Gasteiger partial charge in [-0.15, -0.1) is 5.10 Å². The van der Waals surface area contributed by atoms with Gasteiger partial charge in [0.2, 0.25) is 11.8 Å². The molecule has 26 heavy (non-hydrogen) atoms. The highest BCUT2D eigenvalue weighted by Gasteiger charge is 2.31. The van der Waals surface area contributed by atoms with E-state index in [1.54, 1.807) is 12.1 Å². The zero-order chi connectivity index (χ0) is 18.6. The van der Waals surface area contributed by atoms with Gasteiger partial charge in [-0.1, -0.05) is 0 Å². The summed E-state index contributed by atoms with van der Waals surface area (Å²) in [6.45, 7) is 1.28. The Morgan fingerprint density at radius 2 is 2.19 bits per heavy atom. The van der Waals surface area contributed by atoms with Crippen LogP contribution in [0.2, 0.25) is 0 Å². The van der Waals surface area contributed by atoms with Crippen molar-refractivity contribution < 1.29 is 22.7 Å². The van der Waals surface area contributed by atoms with E-state index in [4.69, 9.17) is 4.74 Å². The summed E-state index contributed by atoms with van der Waals surface area (Å²) in [4.78, 5) is 17.6. The second-order valence-corrected chi connectivity index (χ2v) is 5.80. The SMILES string of the molecule is O=C(CN1CCC(Oc2ccc(C(F)(F)F)cn2)C1)Nc1cccnn1. The van der Waals surface area contributed by atoms with Crippen LogP contribution in [0.5, 0.6) is 5.88 Å². The molecule has 10 heteroatoms. The molecule has 138 valence electrons. The number of hydrogen-bond acceptors (Lipinski definition) is 6. The minimum Gasteiger partial charge on any atom is -0.473 e. The minimum atomic E-state index is -4.42. The van der Waals surface area contributed by atoms with Crippen molar-refractivity contribution in [2.75, 3.05) is 25.0 Å². The van der Waals surface area contributed by atoms with Gasteiger partial charge in [0.05, 0.1) is 12.1 Å². The van der Waals surface area contributed by atoms with Crippen molar-refractivity contribution in [3.8, 4) is 5.88 Å². The third-order valence-corrected chi connectivity index (χ3v) is 3.79. The Morgan fingerprint density at radius 1 is 1.35 bits per heavy atom. The molecule has 0 aromatic carbocycles. The quantitative estimate of drug-likeness (QED) is 0.871. The molecule has 2 aromatic rings.